The maximum atomic E-state index is 13.4. The summed E-state index contributed by atoms with van der Waals surface area (Å²) < 4.78 is 38.1. The molecule has 0 radical (unpaired) electrons. The number of nitrogens with zero attached hydrogens (tertiary/aromatic N) is 5. The lowest BCUT2D eigenvalue weighted by atomic mass is 10.0. The van der Waals surface area contributed by atoms with Crippen molar-refractivity contribution in [1.29, 1.82) is 0 Å². The number of sulfonamides is 1. The monoisotopic (exact) mass is 561 g/mol. The van der Waals surface area contributed by atoms with Crippen molar-refractivity contribution in [3.63, 3.8) is 0 Å². The van der Waals surface area contributed by atoms with Crippen LogP contribution in [0.3, 0.4) is 0 Å². The Balaban J connectivity index is 1.36. The first-order chi connectivity index (χ1) is 19.0. The molecule has 1 fully saturated rings. The zero-order valence-electron chi connectivity index (χ0n) is 21.6. The maximum Gasteiger partial charge on any atom is 0.243 e. The van der Waals surface area contributed by atoms with Crippen LogP contribution >= 0.6 is 12.2 Å². The van der Waals surface area contributed by atoms with Crippen molar-refractivity contribution in [3.8, 4) is 11.4 Å². The van der Waals surface area contributed by atoms with Gasteiger partial charge in [0.05, 0.1) is 31.3 Å². The van der Waals surface area contributed by atoms with E-state index in [4.69, 9.17) is 22.1 Å². The number of morpholine rings is 1. The summed E-state index contributed by atoms with van der Waals surface area (Å²) in [6.07, 6.45) is 0.989. The summed E-state index contributed by atoms with van der Waals surface area (Å²) in [6, 6.07) is 25.7. The number of fused-ring (bicyclic) bond motifs is 1. The van der Waals surface area contributed by atoms with Crippen molar-refractivity contribution < 1.29 is 13.2 Å². The van der Waals surface area contributed by atoms with Gasteiger partial charge in [0.25, 0.3) is 0 Å². The van der Waals surface area contributed by atoms with Gasteiger partial charge < -0.3 is 4.74 Å². The minimum Gasteiger partial charge on any atom is -0.379 e. The second-order valence-electron chi connectivity index (χ2n) is 9.93. The van der Waals surface area contributed by atoms with Crippen LogP contribution in [0.1, 0.15) is 16.7 Å². The highest BCUT2D eigenvalue weighted by Gasteiger charge is 2.27. The van der Waals surface area contributed by atoms with Crippen LogP contribution in [0.25, 0.3) is 11.4 Å². The molecule has 0 N–H and O–H groups in total. The summed E-state index contributed by atoms with van der Waals surface area (Å²) in [6.45, 7) is 4.38. The van der Waals surface area contributed by atoms with E-state index in [0.717, 1.165) is 25.1 Å². The van der Waals surface area contributed by atoms with E-state index < -0.39 is 10.0 Å². The van der Waals surface area contributed by atoms with Gasteiger partial charge in [-0.1, -0.05) is 66.7 Å². The van der Waals surface area contributed by atoms with Crippen LogP contribution in [0, 0.1) is 4.77 Å². The van der Waals surface area contributed by atoms with Crippen molar-refractivity contribution in [2.75, 3.05) is 32.8 Å². The Kier molecular flexibility index (Phi) is 7.46. The van der Waals surface area contributed by atoms with Crippen molar-refractivity contribution in [1.82, 2.24) is 23.6 Å². The quantitative estimate of drug-likeness (QED) is 0.316. The molecule has 2 aliphatic heterocycles. The minimum absolute atomic E-state index is 0.251. The third-order valence-electron chi connectivity index (χ3n) is 7.35. The minimum atomic E-state index is -3.64. The molecule has 1 saturated heterocycles. The number of ether oxygens (including phenoxy) is 1. The fourth-order valence-corrected chi connectivity index (χ4v) is 6.96. The first kappa shape index (κ1) is 26.1. The molecule has 10 heteroatoms. The third-order valence-corrected chi connectivity index (χ3v) is 9.68. The molecule has 202 valence electrons. The Morgan fingerprint density at radius 3 is 2.41 bits per heavy atom. The van der Waals surface area contributed by atoms with E-state index in [2.05, 4.69) is 41.3 Å². The van der Waals surface area contributed by atoms with Gasteiger partial charge in [-0.15, -0.1) is 0 Å². The van der Waals surface area contributed by atoms with Gasteiger partial charge in [-0.05, 0) is 47.5 Å². The molecule has 8 nitrogen and oxygen atoms in total. The predicted octanol–water partition coefficient (Wildman–Crippen LogP) is 4.17. The number of hydrogen-bond donors (Lipinski definition) is 0. The Bertz CT molecular complexity index is 1630. The molecule has 39 heavy (non-hydrogen) atoms. The number of hydrogen-bond acceptors (Lipinski definition) is 6. The average molecular weight is 562 g/mol. The van der Waals surface area contributed by atoms with Crippen molar-refractivity contribution >= 4 is 22.2 Å². The molecule has 0 unspecified atom stereocenters. The molecule has 1 aromatic heterocycles. The van der Waals surface area contributed by atoms with Crippen LogP contribution in [-0.4, -0.2) is 64.8 Å². The van der Waals surface area contributed by atoms with E-state index >= 15 is 0 Å². The average Bonchev–Trinajstić information content (AvgIpc) is 3.28. The van der Waals surface area contributed by atoms with Gasteiger partial charge in [0.2, 0.25) is 10.0 Å². The SMILES string of the molecule is O=S(=O)(c1cccc(-c2nn(CN3CCc4ccccc4C3)c(=S)n2Cc2ccccc2)c1)N1CCOCC1. The lowest BCUT2D eigenvalue weighted by molar-refractivity contribution is 0.0730. The van der Waals surface area contributed by atoms with Crippen LogP contribution < -0.4 is 0 Å². The number of rotatable bonds is 7. The fraction of sp³-hybridized carbons (Fsp3) is 0.310. The topological polar surface area (TPSA) is 72.6 Å². The Morgan fingerprint density at radius 2 is 1.62 bits per heavy atom. The van der Waals surface area contributed by atoms with Crippen molar-refractivity contribution in [2.24, 2.45) is 0 Å². The van der Waals surface area contributed by atoms with Crippen molar-refractivity contribution in [3.05, 3.63) is 100 Å². The first-order valence-electron chi connectivity index (χ1n) is 13.2. The van der Waals surface area contributed by atoms with Crippen molar-refractivity contribution in [2.45, 2.75) is 31.1 Å². The summed E-state index contributed by atoms with van der Waals surface area (Å²) in [5.41, 5.74) is 4.54. The molecule has 3 heterocycles. The van der Waals surface area contributed by atoms with Gasteiger partial charge in [0.15, 0.2) is 10.6 Å². The Morgan fingerprint density at radius 1 is 0.872 bits per heavy atom. The zero-order chi connectivity index (χ0) is 26.8. The second kappa shape index (κ2) is 11.1. The van der Waals surface area contributed by atoms with E-state index in [9.17, 15) is 8.42 Å². The van der Waals surface area contributed by atoms with Gasteiger partial charge in [-0.3, -0.25) is 9.47 Å². The molecular formula is C29H31N5O3S2. The van der Waals surface area contributed by atoms with Gasteiger partial charge in [0, 0.05) is 31.7 Å². The second-order valence-corrected chi connectivity index (χ2v) is 12.2. The van der Waals surface area contributed by atoms with E-state index in [1.807, 2.05) is 33.5 Å². The van der Waals surface area contributed by atoms with Crippen LogP contribution in [-0.2, 0) is 40.9 Å². The van der Waals surface area contributed by atoms with E-state index in [1.165, 1.54) is 15.4 Å². The maximum absolute atomic E-state index is 13.4. The predicted molar refractivity (Wildman–Crippen MR) is 152 cm³/mol. The molecule has 0 bridgehead atoms. The van der Waals surface area contributed by atoms with E-state index in [1.54, 1.807) is 18.2 Å². The molecule has 2 aliphatic rings. The molecule has 0 saturated carbocycles. The summed E-state index contributed by atoms with van der Waals surface area (Å²) in [4.78, 5) is 2.60. The smallest absolute Gasteiger partial charge is 0.243 e. The van der Waals surface area contributed by atoms with Gasteiger partial charge in [0.1, 0.15) is 0 Å². The molecule has 4 aromatic rings. The lowest BCUT2D eigenvalue weighted by Gasteiger charge is -2.28. The largest absolute Gasteiger partial charge is 0.379 e. The third kappa shape index (κ3) is 5.48. The standard InChI is InChI=1S/C29H31N5O3S2/c35-39(36,32-15-17-37-18-16-32)27-12-6-11-25(19-27)28-30-34(29(38)33(28)20-23-7-2-1-3-8-23)22-31-14-13-24-9-4-5-10-26(24)21-31/h1-12,19H,13-18,20-22H2. The van der Waals surface area contributed by atoms with Crippen LogP contribution in [0.4, 0.5) is 0 Å². The van der Waals surface area contributed by atoms with E-state index in [0.29, 0.717) is 55.7 Å². The fourth-order valence-electron chi connectivity index (χ4n) is 5.25. The van der Waals surface area contributed by atoms with Gasteiger partial charge >= 0.3 is 0 Å². The number of aromatic nitrogens is 3. The number of benzene rings is 3. The highest BCUT2D eigenvalue weighted by atomic mass is 32.2. The summed E-state index contributed by atoms with van der Waals surface area (Å²) in [5, 5.41) is 4.97. The van der Waals surface area contributed by atoms with Crippen LogP contribution in [0.15, 0.2) is 83.8 Å². The molecule has 3 aromatic carbocycles. The summed E-state index contributed by atoms with van der Waals surface area (Å²) in [5.74, 6) is 0.653. The molecule has 0 atom stereocenters. The van der Waals surface area contributed by atoms with Gasteiger partial charge in [-0.2, -0.15) is 9.40 Å². The molecule has 0 aliphatic carbocycles. The Labute approximate surface area is 234 Å². The lowest BCUT2D eigenvalue weighted by Crippen LogP contribution is -2.40. The van der Waals surface area contributed by atoms with Crippen LogP contribution in [0.2, 0.25) is 0 Å². The Hall–Kier alpha value is -3.15. The summed E-state index contributed by atoms with van der Waals surface area (Å²) in [7, 11) is -3.64. The molecule has 0 spiro atoms. The zero-order valence-corrected chi connectivity index (χ0v) is 23.3. The highest BCUT2D eigenvalue weighted by molar-refractivity contribution is 7.89. The van der Waals surface area contributed by atoms with Gasteiger partial charge in [-0.25, -0.2) is 13.1 Å². The molecule has 0 amide bonds. The molecule has 6 rings (SSSR count). The highest BCUT2D eigenvalue weighted by Crippen LogP contribution is 2.26. The normalized spacial score (nSPS) is 16.7. The summed E-state index contributed by atoms with van der Waals surface area (Å²) >= 11 is 5.96. The van der Waals surface area contributed by atoms with Crippen LogP contribution in [0.5, 0.6) is 0 Å². The molecular weight excluding hydrogens is 530 g/mol. The first-order valence-corrected chi connectivity index (χ1v) is 15.0. The van der Waals surface area contributed by atoms with E-state index in [-0.39, 0.29) is 4.90 Å².